The van der Waals surface area contributed by atoms with Gasteiger partial charge in [0.1, 0.15) is 11.6 Å². The van der Waals surface area contributed by atoms with Crippen LogP contribution in [0.25, 0.3) is 11.0 Å². The van der Waals surface area contributed by atoms with E-state index in [1.807, 2.05) is 10.9 Å². The van der Waals surface area contributed by atoms with Crippen LogP contribution in [0.15, 0.2) is 34.0 Å². The number of rotatable bonds is 8. The van der Waals surface area contributed by atoms with Crippen molar-refractivity contribution >= 4 is 50.5 Å². The zero-order valence-electron chi connectivity index (χ0n) is 17.6. The molecule has 0 unspecified atom stereocenters. The van der Waals surface area contributed by atoms with Gasteiger partial charge in [-0.1, -0.05) is 18.7 Å². The zero-order valence-corrected chi connectivity index (χ0v) is 20.0. The molecule has 0 atom stereocenters. The molecule has 1 saturated heterocycles. The van der Waals surface area contributed by atoms with Gasteiger partial charge in [0.25, 0.3) is 5.91 Å². The minimum Gasteiger partial charge on any atom is -0.497 e. The Morgan fingerprint density at radius 1 is 1.29 bits per heavy atom. The molecule has 164 valence electrons. The molecular formula is C21H25BrN6O2S. The normalized spacial score (nSPS) is 13.7. The van der Waals surface area contributed by atoms with Gasteiger partial charge in [-0.3, -0.25) is 4.79 Å². The Labute approximate surface area is 193 Å². The van der Waals surface area contributed by atoms with Gasteiger partial charge in [-0.15, -0.1) is 0 Å². The van der Waals surface area contributed by atoms with Crippen molar-refractivity contribution in [1.29, 1.82) is 0 Å². The van der Waals surface area contributed by atoms with Gasteiger partial charge >= 0.3 is 0 Å². The number of hydrogen-bond acceptors (Lipinski definition) is 7. The highest BCUT2D eigenvalue weighted by Gasteiger charge is 2.21. The Hall–Kier alpha value is -2.33. The number of nitrogens with zero attached hydrogens (tertiary/aromatic N) is 5. The molecule has 4 rings (SSSR count). The van der Waals surface area contributed by atoms with Gasteiger partial charge in [-0.05, 0) is 52.7 Å². The van der Waals surface area contributed by atoms with Crippen LogP contribution in [0.5, 0.6) is 5.75 Å². The first-order valence-electron chi connectivity index (χ1n) is 10.3. The van der Waals surface area contributed by atoms with Gasteiger partial charge in [-0.2, -0.15) is 5.10 Å². The van der Waals surface area contributed by atoms with Gasteiger partial charge in [0.05, 0.1) is 30.8 Å². The smallest absolute Gasteiger partial charge is 0.252 e. The second kappa shape index (κ2) is 9.86. The molecule has 0 aliphatic carbocycles. The largest absolute Gasteiger partial charge is 0.497 e. The molecule has 1 fully saturated rings. The Morgan fingerprint density at radius 3 is 2.84 bits per heavy atom. The summed E-state index contributed by atoms with van der Waals surface area (Å²) in [6.07, 6.45) is 4.20. The van der Waals surface area contributed by atoms with E-state index in [-0.39, 0.29) is 5.91 Å². The Kier molecular flexibility index (Phi) is 6.96. The van der Waals surface area contributed by atoms with Crippen LogP contribution in [0.1, 0.15) is 30.1 Å². The maximum Gasteiger partial charge on any atom is 0.252 e. The summed E-state index contributed by atoms with van der Waals surface area (Å²) < 4.78 is 7.79. The van der Waals surface area contributed by atoms with Crippen molar-refractivity contribution in [3.8, 4) is 5.75 Å². The first-order valence-corrected chi connectivity index (χ1v) is 12.1. The fraction of sp³-hybridized carbons (Fsp3) is 0.429. The van der Waals surface area contributed by atoms with E-state index in [4.69, 9.17) is 14.7 Å². The molecule has 0 radical (unpaired) electrons. The lowest BCUT2D eigenvalue weighted by Crippen LogP contribution is -2.28. The summed E-state index contributed by atoms with van der Waals surface area (Å²) in [5.74, 6) is 2.34. The van der Waals surface area contributed by atoms with E-state index in [1.165, 1.54) is 12.8 Å². The molecule has 10 heteroatoms. The number of aromatic nitrogens is 4. The van der Waals surface area contributed by atoms with Gasteiger partial charge < -0.3 is 15.0 Å². The van der Waals surface area contributed by atoms with Gasteiger partial charge in [-0.25, -0.2) is 14.6 Å². The summed E-state index contributed by atoms with van der Waals surface area (Å²) in [5, 5.41) is 9.23. The van der Waals surface area contributed by atoms with Gasteiger partial charge in [0.2, 0.25) is 0 Å². The van der Waals surface area contributed by atoms with Crippen molar-refractivity contribution in [3.05, 3.63) is 34.4 Å². The second-order valence-corrected chi connectivity index (χ2v) is 9.25. The fourth-order valence-electron chi connectivity index (χ4n) is 3.62. The number of carbonyl (C=O) groups excluding carboxylic acids is 1. The number of benzene rings is 1. The first-order chi connectivity index (χ1) is 15.1. The molecule has 0 saturated carbocycles. The number of hydrogen-bond donors (Lipinski definition) is 1. The molecule has 31 heavy (non-hydrogen) atoms. The number of thioether (sulfide) groups is 1. The predicted octanol–water partition coefficient (Wildman–Crippen LogP) is 3.74. The number of amides is 1. The van der Waals surface area contributed by atoms with Crippen molar-refractivity contribution in [3.63, 3.8) is 0 Å². The maximum atomic E-state index is 12.6. The number of nitrogens with one attached hydrogen (secondary N) is 1. The van der Waals surface area contributed by atoms with Crippen molar-refractivity contribution in [2.75, 3.05) is 37.4 Å². The van der Waals surface area contributed by atoms with E-state index in [9.17, 15) is 4.79 Å². The summed E-state index contributed by atoms with van der Waals surface area (Å²) in [6.45, 7) is 5.07. The molecule has 1 aromatic carbocycles. The van der Waals surface area contributed by atoms with E-state index < -0.39 is 0 Å². The summed E-state index contributed by atoms with van der Waals surface area (Å²) in [6, 6.07) is 5.32. The quantitative estimate of drug-likeness (QED) is 0.369. The van der Waals surface area contributed by atoms with E-state index in [2.05, 4.69) is 38.2 Å². The number of anilines is 1. The molecule has 0 bridgehead atoms. The van der Waals surface area contributed by atoms with Crippen LogP contribution in [-0.2, 0) is 6.54 Å². The Balaban J connectivity index is 1.51. The van der Waals surface area contributed by atoms with Crippen LogP contribution in [0.2, 0.25) is 0 Å². The zero-order chi connectivity index (χ0) is 21.8. The predicted molar refractivity (Wildman–Crippen MR) is 126 cm³/mol. The van der Waals surface area contributed by atoms with Crippen molar-refractivity contribution in [2.24, 2.45) is 0 Å². The average molecular weight is 505 g/mol. The Bertz CT molecular complexity index is 1080. The van der Waals surface area contributed by atoms with Gasteiger partial charge in [0.15, 0.2) is 10.8 Å². The number of halogens is 1. The van der Waals surface area contributed by atoms with Crippen LogP contribution in [0.4, 0.5) is 5.82 Å². The van der Waals surface area contributed by atoms with E-state index in [0.717, 1.165) is 45.3 Å². The van der Waals surface area contributed by atoms with Crippen LogP contribution < -0.4 is 15.0 Å². The molecule has 3 aromatic rings. The van der Waals surface area contributed by atoms with E-state index in [0.29, 0.717) is 24.4 Å². The summed E-state index contributed by atoms with van der Waals surface area (Å²) in [5.41, 5.74) is 1.34. The Morgan fingerprint density at radius 2 is 2.10 bits per heavy atom. The fourth-order valence-corrected chi connectivity index (χ4v) is 4.61. The maximum absolute atomic E-state index is 12.6. The molecule has 1 aliphatic heterocycles. The van der Waals surface area contributed by atoms with Crippen molar-refractivity contribution in [1.82, 2.24) is 25.1 Å². The molecular weight excluding hydrogens is 480 g/mol. The number of methoxy groups -OCH3 is 1. The minimum atomic E-state index is -0.170. The van der Waals surface area contributed by atoms with E-state index >= 15 is 0 Å². The van der Waals surface area contributed by atoms with Crippen LogP contribution in [0, 0.1) is 0 Å². The lowest BCUT2D eigenvalue weighted by atomic mass is 10.2. The summed E-state index contributed by atoms with van der Waals surface area (Å²) >= 11 is 5.06. The average Bonchev–Trinajstić information content (AvgIpc) is 3.44. The molecule has 0 spiro atoms. The molecule has 8 nitrogen and oxygen atoms in total. The second-order valence-electron chi connectivity index (χ2n) is 7.16. The third-order valence-corrected chi connectivity index (χ3v) is 6.58. The van der Waals surface area contributed by atoms with Crippen molar-refractivity contribution < 1.29 is 9.53 Å². The lowest BCUT2D eigenvalue weighted by molar-refractivity contribution is 0.0951. The molecule has 1 amide bonds. The van der Waals surface area contributed by atoms with E-state index in [1.54, 1.807) is 37.1 Å². The van der Waals surface area contributed by atoms with Gasteiger partial charge in [0, 0.05) is 24.1 Å². The highest BCUT2D eigenvalue weighted by molar-refractivity contribution is 9.10. The molecule has 2 aromatic heterocycles. The third kappa shape index (κ3) is 4.79. The molecule has 3 heterocycles. The summed E-state index contributed by atoms with van der Waals surface area (Å²) in [4.78, 5) is 24.5. The standard InChI is InChI=1S/C21H25BrN6O2S/c1-3-31-21-25-18(27-9-4-5-10-27)16-13-24-28(19(16)26-21)11-8-23-20(29)15-12-14(30-2)6-7-17(15)22/h6-7,12-13H,3-5,8-11H2,1-2H3,(H,23,29). The van der Waals surface area contributed by atoms with Crippen LogP contribution >= 0.6 is 27.7 Å². The highest BCUT2D eigenvalue weighted by Crippen LogP contribution is 2.29. The summed E-state index contributed by atoms with van der Waals surface area (Å²) in [7, 11) is 1.58. The minimum absolute atomic E-state index is 0.170. The SMILES string of the molecule is CCSc1nc(N2CCCC2)c2cnn(CCNC(=O)c3cc(OC)ccc3Br)c2n1. The third-order valence-electron chi connectivity index (χ3n) is 5.16. The molecule has 1 aliphatic rings. The molecule has 1 N–H and O–H groups in total. The number of fused-ring (bicyclic) bond motifs is 1. The highest BCUT2D eigenvalue weighted by atomic mass is 79.9. The first kappa shape index (κ1) is 21.9. The van der Waals surface area contributed by atoms with Crippen molar-refractivity contribution in [2.45, 2.75) is 31.5 Å². The number of carbonyl (C=O) groups is 1. The van der Waals surface area contributed by atoms with Crippen LogP contribution in [0.3, 0.4) is 0 Å². The number of ether oxygens (including phenoxy) is 1. The topological polar surface area (TPSA) is 85.2 Å². The lowest BCUT2D eigenvalue weighted by Gasteiger charge is -2.17. The monoisotopic (exact) mass is 504 g/mol. The van der Waals surface area contributed by atoms with Crippen LogP contribution in [-0.4, -0.2) is 58.2 Å².